The fraction of sp³-hybridized carbons (Fsp3) is 0.200. The number of anilines is 1. The van der Waals surface area contributed by atoms with Gasteiger partial charge in [-0.15, -0.1) is 0 Å². The maximum atomic E-state index is 9.02. The number of nitriles is 1. The molecule has 0 unspecified atom stereocenters. The summed E-state index contributed by atoms with van der Waals surface area (Å²) in [4.78, 5) is 4.02. The van der Waals surface area contributed by atoms with Crippen LogP contribution in [0.15, 0.2) is 36.5 Å². The Kier molecular flexibility index (Phi) is 4.40. The van der Waals surface area contributed by atoms with Crippen LogP contribution in [0.5, 0.6) is 17.4 Å². The standard InChI is InChI=1S/C15H15N3O2/c1-2-7-19-13-3-5-14(6-4-13)20-15-11(9-16)8-12(17)10-18-15/h3-6,8,10H,2,7,17H2,1H3. The quantitative estimate of drug-likeness (QED) is 0.901. The van der Waals surface area contributed by atoms with E-state index in [0.29, 0.717) is 23.6 Å². The molecule has 0 aliphatic carbocycles. The zero-order chi connectivity index (χ0) is 14.4. The molecule has 2 N–H and O–H groups in total. The molecule has 102 valence electrons. The van der Waals surface area contributed by atoms with E-state index in [-0.39, 0.29) is 5.88 Å². The number of hydrogen-bond acceptors (Lipinski definition) is 5. The number of hydrogen-bond donors (Lipinski definition) is 1. The topological polar surface area (TPSA) is 81.2 Å². The Morgan fingerprint density at radius 3 is 2.60 bits per heavy atom. The largest absolute Gasteiger partial charge is 0.494 e. The number of nitrogen functional groups attached to an aromatic ring is 1. The van der Waals surface area contributed by atoms with Crippen molar-refractivity contribution in [3.63, 3.8) is 0 Å². The molecule has 1 aromatic carbocycles. The average molecular weight is 269 g/mol. The van der Waals surface area contributed by atoms with Gasteiger partial charge in [-0.3, -0.25) is 0 Å². The van der Waals surface area contributed by atoms with Gasteiger partial charge in [0.05, 0.1) is 18.5 Å². The third-order valence-electron chi connectivity index (χ3n) is 2.50. The van der Waals surface area contributed by atoms with Crippen molar-refractivity contribution in [3.8, 4) is 23.4 Å². The van der Waals surface area contributed by atoms with Crippen LogP contribution in [0.1, 0.15) is 18.9 Å². The normalized spacial score (nSPS) is 9.80. The summed E-state index contributed by atoms with van der Waals surface area (Å²) in [5.41, 5.74) is 6.31. The first-order chi connectivity index (χ1) is 9.72. The number of nitrogens with zero attached hydrogens (tertiary/aromatic N) is 2. The predicted molar refractivity (Wildman–Crippen MR) is 75.7 cm³/mol. The number of rotatable bonds is 5. The lowest BCUT2D eigenvalue weighted by molar-refractivity contribution is 0.317. The van der Waals surface area contributed by atoms with Crippen LogP contribution in [-0.4, -0.2) is 11.6 Å². The number of ether oxygens (including phenoxy) is 2. The SMILES string of the molecule is CCCOc1ccc(Oc2ncc(N)cc2C#N)cc1. The number of benzene rings is 1. The van der Waals surface area contributed by atoms with E-state index < -0.39 is 0 Å². The fourth-order valence-corrected chi connectivity index (χ4v) is 1.57. The van der Waals surface area contributed by atoms with Gasteiger partial charge in [-0.05, 0) is 36.8 Å². The van der Waals surface area contributed by atoms with Gasteiger partial charge >= 0.3 is 0 Å². The molecule has 0 saturated heterocycles. The second-order valence-corrected chi connectivity index (χ2v) is 4.16. The van der Waals surface area contributed by atoms with E-state index in [1.807, 2.05) is 25.1 Å². The first kappa shape index (κ1) is 13.7. The van der Waals surface area contributed by atoms with Crippen molar-refractivity contribution < 1.29 is 9.47 Å². The summed E-state index contributed by atoms with van der Waals surface area (Å²) < 4.78 is 11.1. The van der Waals surface area contributed by atoms with E-state index in [2.05, 4.69) is 4.98 Å². The molecule has 0 atom stereocenters. The van der Waals surface area contributed by atoms with Gasteiger partial charge in [-0.2, -0.15) is 5.26 Å². The molecule has 20 heavy (non-hydrogen) atoms. The van der Waals surface area contributed by atoms with Gasteiger partial charge in [0.25, 0.3) is 0 Å². The van der Waals surface area contributed by atoms with Gasteiger partial charge in [0.2, 0.25) is 5.88 Å². The molecule has 0 aliphatic rings. The third-order valence-corrected chi connectivity index (χ3v) is 2.50. The minimum atomic E-state index is 0.240. The van der Waals surface area contributed by atoms with Gasteiger partial charge in [0.15, 0.2) is 0 Å². The molecular formula is C15H15N3O2. The van der Waals surface area contributed by atoms with E-state index in [9.17, 15) is 0 Å². The Morgan fingerprint density at radius 1 is 1.25 bits per heavy atom. The highest BCUT2D eigenvalue weighted by atomic mass is 16.5. The Bertz CT molecular complexity index is 618. The number of nitrogens with two attached hydrogens (primary N) is 1. The summed E-state index contributed by atoms with van der Waals surface area (Å²) in [5, 5.41) is 9.02. The minimum Gasteiger partial charge on any atom is -0.494 e. The predicted octanol–water partition coefficient (Wildman–Crippen LogP) is 3.12. The average Bonchev–Trinajstić information content (AvgIpc) is 2.48. The van der Waals surface area contributed by atoms with E-state index in [1.54, 1.807) is 12.1 Å². The summed E-state index contributed by atoms with van der Waals surface area (Å²) in [7, 11) is 0. The minimum absolute atomic E-state index is 0.240. The monoisotopic (exact) mass is 269 g/mol. The molecule has 2 aromatic rings. The second-order valence-electron chi connectivity index (χ2n) is 4.16. The van der Waals surface area contributed by atoms with E-state index in [1.165, 1.54) is 12.3 Å². The maximum absolute atomic E-state index is 9.02. The molecule has 0 fully saturated rings. The van der Waals surface area contributed by atoms with Gasteiger partial charge in [0.1, 0.15) is 23.1 Å². The maximum Gasteiger partial charge on any atom is 0.237 e. The van der Waals surface area contributed by atoms with Crippen LogP contribution in [0.3, 0.4) is 0 Å². The Labute approximate surface area is 117 Å². The fourth-order valence-electron chi connectivity index (χ4n) is 1.57. The van der Waals surface area contributed by atoms with Crippen LogP contribution in [0.4, 0.5) is 5.69 Å². The molecule has 5 nitrogen and oxygen atoms in total. The highest BCUT2D eigenvalue weighted by Gasteiger charge is 2.07. The van der Waals surface area contributed by atoms with Crippen molar-refractivity contribution in [2.45, 2.75) is 13.3 Å². The van der Waals surface area contributed by atoms with Crippen LogP contribution >= 0.6 is 0 Å². The smallest absolute Gasteiger partial charge is 0.237 e. The molecule has 0 saturated carbocycles. The molecule has 0 radical (unpaired) electrons. The molecule has 0 amide bonds. The van der Waals surface area contributed by atoms with Crippen molar-refractivity contribution in [2.75, 3.05) is 12.3 Å². The lowest BCUT2D eigenvalue weighted by atomic mass is 10.2. The molecule has 5 heteroatoms. The van der Waals surface area contributed by atoms with Crippen molar-refractivity contribution in [1.29, 1.82) is 5.26 Å². The third kappa shape index (κ3) is 3.39. The molecule has 0 bridgehead atoms. The molecule has 1 aromatic heterocycles. The van der Waals surface area contributed by atoms with Gasteiger partial charge < -0.3 is 15.2 Å². The number of pyridine rings is 1. The van der Waals surface area contributed by atoms with Crippen LogP contribution in [-0.2, 0) is 0 Å². The Hall–Kier alpha value is -2.74. The second kappa shape index (κ2) is 6.43. The van der Waals surface area contributed by atoms with E-state index >= 15 is 0 Å². The molecular weight excluding hydrogens is 254 g/mol. The summed E-state index contributed by atoms with van der Waals surface area (Å²) in [6, 6.07) is 10.7. The van der Waals surface area contributed by atoms with Gasteiger partial charge in [0, 0.05) is 0 Å². The molecule has 0 aliphatic heterocycles. The number of aromatic nitrogens is 1. The Morgan fingerprint density at radius 2 is 1.95 bits per heavy atom. The molecule has 0 spiro atoms. The lowest BCUT2D eigenvalue weighted by Crippen LogP contribution is -1.96. The van der Waals surface area contributed by atoms with Crippen molar-refractivity contribution in [2.24, 2.45) is 0 Å². The molecule has 1 heterocycles. The van der Waals surface area contributed by atoms with Crippen LogP contribution in [0.2, 0.25) is 0 Å². The lowest BCUT2D eigenvalue weighted by Gasteiger charge is -2.08. The summed E-state index contributed by atoms with van der Waals surface area (Å²) in [6.45, 7) is 2.73. The van der Waals surface area contributed by atoms with Crippen LogP contribution in [0.25, 0.3) is 0 Å². The van der Waals surface area contributed by atoms with Crippen LogP contribution in [0, 0.1) is 11.3 Å². The van der Waals surface area contributed by atoms with E-state index in [4.69, 9.17) is 20.5 Å². The highest BCUT2D eigenvalue weighted by molar-refractivity contribution is 5.49. The van der Waals surface area contributed by atoms with Gasteiger partial charge in [-0.1, -0.05) is 6.92 Å². The van der Waals surface area contributed by atoms with Crippen LogP contribution < -0.4 is 15.2 Å². The zero-order valence-electron chi connectivity index (χ0n) is 11.2. The summed E-state index contributed by atoms with van der Waals surface area (Å²) in [5.74, 6) is 1.61. The summed E-state index contributed by atoms with van der Waals surface area (Å²) in [6.07, 6.45) is 2.41. The first-order valence-electron chi connectivity index (χ1n) is 6.29. The first-order valence-corrected chi connectivity index (χ1v) is 6.29. The molecule has 2 rings (SSSR count). The van der Waals surface area contributed by atoms with Crippen molar-refractivity contribution in [3.05, 3.63) is 42.1 Å². The Balaban J connectivity index is 2.12. The zero-order valence-corrected chi connectivity index (χ0v) is 11.2. The highest BCUT2D eigenvalue weighted by Crippen LogP contribution is 2.25. The van der Waals surface area contributed by atoms with Crippen molar-refractivity contribution in [1.82, 2.24) is 4.98 Å². The summed E-state index contributed by atoms with van der Waals surface area (Å²) >= 11 is 0. The van der Waals surface area contributed by atoms with Gasteiger partial charge in [-0.25, -0.2) is 4.98 Å². The van der Waals surface area contributed by atoms with E-state index in [0.717, 1.165) is 12.2 Å². The van der Waals surface area contributed by atoms with Crippen molar-refractivity contribution >= 4 is 5.69 Å².